The van der Waals surface area contributed by atoms with E-state index in [1.54, 1.807) is 26.0 Å². The molecule has 0 saturated heterocycles. The van der Waals surface area contributed by atoms with Crippen LogP contribution >= 0.6 is 0 Å². The lowest BCUT2D eigenvalue weighted by Gasteiger charge is -2.13. The van der Waals surface area contributed by atoms with Crippen molar-refractivity contribution in [3.63, 3.8) is 0 Å². The molecule has 0 spiro atoms. The molecule has 0 unspecified atom stereocenters. The van der Waals surface area contributed by atoms with Crippen LogP contribution in [0.1, 0.15) is 15.9 Å². The van der Waals surface area contributed by atoms with Crippen molar-refractivity contribution in [2.24, 2.45) is 4.99 Å². The van der Waals surface area contributed by atoms with Gasteiger partial charge in [-0.1, -0.05) is 12.1 Å². The maximum Gasteiger partial charge on any atom is 0.253 e. The molecular weight excluding hydrogens is 302 g/mol. The van der Waals surface area contributed by atoms with Crippen molar-refractivity contribution in [2.75, 3.05) is 27.7 Å². The van der Waals surface area contributed by atoms with Crippen LogP contribution in [-0.2, 0) is 13.1 Å². The van der Waals surface area contributed by atoms with Crippen LogP contribution in [0, 0.1) is 0 Å². The highest BCUT2D eigenvalue weighted by Crippen LogP contribution is 2.06. The van der Waals surface area contributed by atoms with Crippen LogP contribution in [0.4, 0.5) is 0 Å². The van der Waals surface area contributed by atoms with E-state index in [9.17, 15) is 4.79 Å². The molecule has 2 rings (SSSR count). The van der Waals surface area contributed by atoms with E-state index in [-0.39, 0.29) is 5.91 Å². The van der Waals surface area contributed by atoms with E-state index in [1.807, 2.05) is 48.8 Å². The Morgan fingerprint density at radius 3 is 2.38 bits per heavy atom. The molecule has 0 aliphatic rings. The van der Waals surface area contributed by atoms with Crippen molar-refractivity contribution in [1.82, 2.24) is 20.1 Å². The highest BCUT2D eigenvalue weighted by molar-refractivity contribution is 5.93. The quantitative estimate of drug-likeness (QED) is 0.625. The Kier molecular flexibility index (Phi) is 6.42. The molecule has 1 heterocycles. The van der Waals surface area contributed by atoms with Crippen LogP contribution in [0.15, 0.2) is 53.8 Å². The lowest BCUT2D eigenvalue weighted by atomic mass is 10.1. The molecule has 0 aliphatic carbocycles. The Balaban J connectivity index is 1.79. The molecule has 2 aromatic rings. The summed E-state index contributed by atoms with van der Waals surface area (Å²) in [5.41, 5.74) is 1.79. The molecule has 1 amide bonds. The summed E-state index contributed by atoms with van der Waals surface area (Å²) in [7, 11) is 5.26. The Labute approximate surface area is 143 Å². The molecule has 1 aromatic carbocycles. The summed E-state index contributed by atoms with van der Waals surface area (Å²) in [5, 5.41) is 6.55. The minimum absolute atomic E-state index is 0.0111. The summed E-state index contributed by atoms with van der Waals surface area (Å²) in [6.45, 7) is 2.33. The van der Waals surface area contributed by atoms with Gasteiger partial charge in [-0.2, -0.15) is 0 Å². The molecule has 6 nitrogen and oxygen atoms in total. The number of nitrogens with zero attached hydrogens (tertiary/aromatic N) is 3. The zero-order valence-corrected chi connectivity index (χ0v) is 14.5. The predicted octanol–water partition coefficient (Wildman–Crippen LogP) is 1.56. The molecule has 2 N–H and O–H groups in total. The fourth-order valence-electron chi connectivity index (χ4n) is 2.25. The highest BCUT2D eigenvalue weighted by atomic mass is 16.2. The number of nitrogens with one attached hydrogen (secondary N) is 2. The lowest BCUT2D eigenvalue weighted by Crippen LogP contribution is -2.38. The molecular formula is C18H25N5O. The van der Waals surface area contributed by atoms with Crippen LogP contribution in [-0.4, -0.2) is 49.0 Å². The van der Waals surface area contributed by atoms with Crippen LogP contribution in [0.3, 0.4) is 0 Å². The number of rotatable bonds is 6. The molecule has 6 heteroatoms. The van der Waals surface area contributed by atoms with E-state index in [0.717, 1.165) is 24.6 Å². The highest BCUT2D eigenvalue weighted by Gasteiger charge is 2.07. The van der Waals surface area contributed by atoms with Crippen molar-refractivity contribution in [3.8, 4) is 0 Å². The average molecular weight is 327 g/mol. The van der Waals surface area contributed by atoms with Gasteiger partial charge in [-0.3, -0.25) is 9.79 Å². The van der Waals surface area contributed by atoms with E-state index < -0.39 is 0 Å². The first-order chi connectivity index (χ1) is 11.6. The molecule has 0 radical (unpaired) electrons. The largest absolute Gasteiger partial charge is 0.355 e. The second kappa shape index (κ2) is 8.76. The van der Waals surface area contributed by atoms with Crippen molar-refractivity contribution < 1.29 is 4.79 Å². The van der Waals surface area contributed by atoms with Gasteiger partial charge in [0.2, 0.25) is 0 Å². The normalized spacial score (nSPS) is 11.2. The Hall–Kier alpha value is -2.76. The first-order valence-corrected chi connectivity index (χ1v) is 7.96. The van der Waals surface area contributed by atoms with Gasteiger partial charge in [0.1, 0.15) is 0 Å². The van der Waals surface area contributed by atoms with Gasteiger partial charge in [0.15, 0.2) is 5.96 Å². The van der Waals surface area contributed by atoms with Crippen molar-refractivity contribution in [1.29, 1.82) is 0 Å². The minimum atomic E-state index is 0.0111. The zero-order chi connectivity index (χ0) is 17.4. The molecule has 0 saturated carbocycles. The molecule has 0 bridgehead atoms. The van der Waals surface area contributed by atoms with Crippen LogP contribution in [0.5, 0.6) is 0 Å². The van der Waals surface area contributed by atoms with Gasteiger partial charge in [0.05, 0.1) is 0 Å². The average Bonchev–Trinajstić information content (AvgIpc) is 3.11. The number of aromatic nitrogens is 1. The summed E-state index contributed by atoms with van der Waals surface area (Å²) < 4.78 is 2.11. The number of carbonyl (C=O) groups excluding carboxylic acids is 1. The number of hydrogen-bond acceptors (Lipinski definition) is 2. The number of hydrogen-bond donors (Lipinski definition) is 2. The Morgan fingerprint density at radius 1 is 1.12 bits per heavy atom. The van der Waals surface area contributed by atoms with Gasteiger partial charge in [-0.15, -0.1) is 0 Å². The van der Waals surface area contributed by atoms with Crippen LogP contribution in [0.2, 0.25) is 0 Å². The van der Waals surface area contributed by atoms with E-state index in [4.69, 9.17) is 0 Å². The third-order valence-electron chi connectivity index (χ3n) is 3.62. The van der Waals surface area contributed by atoms with Crippen molar-refractivity contribution in [3.05, 3.63) is 59.9 Å². The van der Waals surface area contributed by atoms with Crippen LogP contribution < -0.4 is 10.6 Å². The van der Waals surface area contributed by atoms with Gasteiger partial charge < -0.3 is 20.1 Å². The maximum atomic E-state index is 11.9. The van der Waals surface area contributed by atoms with E-state index >= 15 is 0 Å². The smallest absolute Gasteiger partial charge is 0.253 e. The standard InChI is InChI=1S/C18H25N5O/c1-19-18(20-10-13-23-11-4-5-12-23)21-14-15-6-8-16(9-7-15)17(24)22(2)3/h4-9,11-12H,10,13-14H2,1-3H3,(H2,19,20,21). The molecule has 1 aromatic heterocycles. The summed E-state index contributed by atoms with van der Waals surface area (Å²) in [5.74, 6) is 0.771. The van der Waals surface area contributed by atoms with Crippen LogP contribution in [0.25, 0.3) is 0 Å². The molecule has 24 heavy (non-hydrogen) atoms. The number of amides is 1. The molecule has 128 valence electrons. The summed E-state index contributed by atoms with van der Waals surface area (Å²) in [6.07, 6.45) is 4.07. The van der Waals surface area contributed by atoms with Crippen molar-refractivity contribution >= 4 is 11.9 Å². The molecule has 0 atom stereocenters. The monoisotopic (exact) mass is 327 g/mol. The number of carbonyl (C=O) groups is 1. The predicted molar refractivity (Wildman–Crippen MR) is 97.1 cm³/mol. The van der Waals surface area contributed by atoms with Gasteiger partial charge in [-0.05, 0) is 29.8 Å². The van der Waals surface area contributed by atoms with E-state index in [2.05, 4.69) is 20.2 Å². The molecule has 0 aliphatic heterocycles. The van der Waals surface area contributed by atoms with Gasteiger partial charge in [0, 0.05) is 58.7 Å². The summed E-state index contributed by atoms with van der Waals surface area (Å²) in [4.78, 5) is 17.7. The van der Waals surface area contributed by atoms with Gasteiger partial charge in [-0.25, -0.2) is 0 Å². The third-order valence-corrected chi connectivity index (χ3v) is 3.62. The Bertz CT molecular complexity index is 659. The SMILES string of the molecule is CN=C(NCCn1cccc1)NCc1ccc(C(=O)N(C)C)cc1. The fourth-order valence-corrected chi connectivity index (χ4v) is 2.25. The second-order valence-electron chi connectivity index (χ2n) is 5.67. The number of aliphatic imine (C=N–C) groups is 1. The topological polar surface area (TPSA) is 61.7 Å². The minimum Gasteiger partial charge on any atom is -0.355 e. The number of benzene rings is 1. The maximum absolute atomic E-state index is 11.9. The Morgan fingerprint density at radius 2 is 1.79 bits per heavy atom. The van der Waals surface area contributed by atoms with Gasteiger partial charge >= 0.3 is 0 Å². The number of guanidine groups is 1. The second-order valence-corrected chi connectivity index (χ2v) is 5.67. The lowest BCUT2D eigenvalue weighted by molar-refractivity contribution is 0.0827. The van der Waals surface area contributed by atoms with Crippen molar-refractivity contribution in [2.45, 2.75) is 13.1 Å². The summed E-state index contributed by atoms with van der Waals surface area (Å²) in [6, 6.07) is 11.6. The van der Waals surface area contributed by atoms with E-state index in [0.29, 0.717) is 12.1 Å². The fraction of sp³-hybridized carbons (Fsp3) is 0.333. The van der Waals surface area contributed by atoms with Gasteiger partial charge in [0.25, 0.3) is 5.91 Å². The third kappa shape index (κ3) is 5.15. The zero-order valence-electron chi connectivity index (χ0n) is 14.5. The van der Waals surface area contributed by atoms with E-state index in [1.165, 1.54) is 0 Å². The first kappa shape index (κ1) is 17.6. The molecule has 0 fully saturated rings. The first-order valence-electron chi connectivity index (χ1n) is 7.96. The summed E-state index contributed by atoms with van der Waals surface area (Å²) >= 11 is 0.